The van der Waals surface area contributed by atoms with Crippen molar-refractivity contribution in [3.8, 4) is 0 Å². The van der Waals surface area contributed by atoms with Crippen LogP contribution in [0.5, 0.6) is 0 Å². The molecule has 0 aliphatic heterocycles. The Morgan fingerprint density at radius 3 is 2.50 bits per heavy atom. The summed E-state index contributed by atoms with van der Waals surface area (Å²) >= 11 is 2.62. The van der Waals surface area contributed by atoms with E-state index >= 15 is 0 Å². The average Bonchev–Trinajstić information content (AvgIpc) is 1.84. The van der Waals surface area contributed by atoms with Gasteiger partial charge in [-0.2, -0.15) is 4.39 Å². The fourth-order valence-electron chi connectivity index (χ4n) is 0.142. The molecular weight excluding hydrogens is 179 g/mol. The quantitative estimate of drug-likeness (QED) is 0.453. The van der Waals surface area contributed by atoms with Crippen molar-refractivity contribution >= 4 is 21.9 Å². The molecule has 0 rings (SSSR count). The molecule has 0 saturated carbocycles. The van der Waals surface area contributed by atoms with Gasteiger partial charge in [-0.1, -0.05) is 15.9 Å². The van der Waals surface area contributed by atoms with Gasteiger partial charge in [0.05, 0.1) is 7.11 Å². The highest BCUT2D eigenvalue weighted by atomic mass is 79.9. The number of hydrogen-bond donors (Lipinski definition) is 0. The molecule has 46 valence electrons. The largest absolute Gasteiger partial charge is 0.464 e. The zero-order valence-electron chi connectivity index (χ0n) is 4.15. The Bertz CT molecular complexity index is 121. The zero-order chi connectivity index (χ0) is 6.57. The highest BCUT2D eigenvalue weighted by Crippen LogP contribution is 2.00. The molecule has 0 radical (unpaired) electrons. The Morgan fingerprint density at radius 1 is 1.88 bits per heavy atom. The molecule has 0 aliphatic rings. The third-order valence-corrected chi connectivity index (χ3v) is 0.878. The smallest absolute Gasteiger partial charge is 0.367 e. The van der Waals surface area contributed by atoms with Crippen LogP contribution in [0.2, 0.25) is 0 Å². The van der Waals surface area contributed by atoms with Crippen molar-refractivity contribution in [3.63, 3.8) is 0 Å². The first-order valence-electron chi connectivity index (χ1n) is 1.76. The minimum atomic E-state index is -0.970. The lowest BCUT2D eigenvalue weighted by Gasteiger charge is -1.89. The van der Waals surface area contributed by atoms with Crippen molar-refractivity contribution in [1.29, 1.82) is 0 Å². The van der Waals surface area contributed by atoms with Crippen LogP contribution in [0.15, 0.2) is 10.8 Å². The predicted octanol–water partition coefficient (Wildman–Crippen LogP) is 1.37. The van der Waals surface area contributed by atoms with Gasteiger partial charge in [0.15, 0.2) is 0 Å². The molecule has 0 saturated heterocycles. The van der Waals surface area contributed by atoms with E-state index in [1.54, 1.807) is 0 Å². The van der Waals surface area contributed by atoms with Crippen LogP contribution in [0.1, 0.15) is 0 Å². The molecule has 4 heteroatoms. The number of ether oxygens (including phenoxy) is 1. The number of esters is 1. The molecule has 0 heterocycles. The number of methoxy groups -OCH3 is 1. The summed E-state index contributed by atoms with van der Waals surface area (Å²) in [5.41, 5.74) is 0. The first kappa shape index (κ1) is 7.62. The molecule has 0 spiro atoms. The Labute approximate surface area is 54.5 Å². The Morgan fingerprint density at radius 2 is 2.38 bits per heavy atom. The lowest BCUT2D eigenvalue weighted by Crippen LogP contribution is -1.98. The van der Waals surface area contributed by atoms with Gasteiger partial charge in [0.1, 0.15) is 0 Å². The van der Waals surface area contributed by atoms with E-state index in [0.29, 0.717) is 0 Å². The lowest BCUT2D eigenvalue weighted by molar-refractivity contribution is -0.137. The second-order valence-electron chi connectivity index (χ2n) is 0.949. The van der Waals surface area contributed by atoms with E-state index in [2.05, 4.69) is 20.7 Å². The summed E-state index contributed by atoms with van der Waals surface area (Å²) in [4.78, 5) is 10.9. The fraction of sp³-hybridized carbons (Fsp3) is 0.250. The van der Waals surface area contributed by atoms with Crippen LogP contribution in [0.25, 0.3) is 0 Å². The van der Waals surface area contributed by atoms with Gasteiger partial charge in [0.2, 0.25) is 5.83 Å². The number of carbonyl (C=O) groups is 1. The van der Waals surface area contributed by atoms with Crippen molar-refractivity contribution in [2.45, 2.75) is 0 Å². The maximum Gasteiger partial charge on any atom is 0.367 e. The fourth-order valence-corrected chi connectivity index (χ4v) is 0.329. The standard InChI is InChI=1S/C4H4BrFO2/c1-8-4(7)3(6)2-5/h2H,1H3/b3-2-. The molecule has 8 heavy (non-hydrogen) atoms. The number of rotatable bonds is 1. The maximum atomic E-state index is 11.9. The van der Waals surface area contributed by atoms with Crippen LogP contribution >= 0.6 is 15.9 Å². The van der Waals surface area contributed by atoms with Gasteiger partial charge in [0.25, 0.3) is 0 Å². The van der Waals surface area contributed by atoms with Crippen LogP contribution < -0.4 is 0 Å². The molecule has 0 aromatic carbocycles. The topological polar surface area (TPSA) is 26.3 Å². The van der Waals surface area contributed by atoms with Crippen molar-refractivity contribution in [3.05, 3.63) is 10.8 Å². The van der Waals surface area contributed by atoms with E-state index in [0.717, 1.165) is 12.1 Å². The summed E-state index contributed by atoms with van der Waals surface area (Å²) in [5.74, 6) is -1.91. The van der Waals surface area contributed by atoms with Crippen molar-refractivity contribution in [2.24, 2.45) is 0 Å². The Balaban J connectivity index is 3.83. The Kier molecular flexibility index (Phi) is 3.43. The molecule has 0 N–H and O–H groups in total. The predicted molar refractivity (Wildman–Crippen MR) is 30.1 cm³/mol. The number of halogens is 2. The molecule has 0 bridgehead atoms. The molecule has 2 nitrogen and oxygen atoms in total. The molecular formula is C4H4BrFO2. The van der Waals surface area contributed by atoms with Crippen LogP contribution in [-0.2, 0) is 9.53 Å². The maximum absolute atomic E-state index is 11.9. The second kappa shape index (κ2) is 3.60. The third kappa shape index (κ3) is 2.07. The number of carbonyl (C=O) groups excluding carboxylic acids is 1. The van der Waals surface area contributed by atoms with E-state index < -0.39 is 11.8 Å². The molecule has 0 aromatic heterocycles. The SMILES string of the molecule is COC(=O)/C(F)=C/Br. The van der Waals surface area contributed by atoms with Crippen LogP contribution in [-0.4, -0.2) is 13.1 Å². The molecule has 0 amide bonds. The molecule has 0 fully saturated rings. The lowest BCUT2D eigenvalue weighted by atomic mass is 10.6. The summed E-state index contributed by atoms with van der Waals surface area (Å²) in [6.07, 6.45) is 0. The molecule has 0 aliphatic carbocycles. The summed E-state index contributed by atoms with van der Waals surface area (Å²) in [6.45, 7) is 0. The van der Waals surface area contributed by atoms with Crippen molar-refractivity contribution in [2.75, 3.05) is 7.11 Å². The summed E-state index contributed by atoms with van der Waals surface area (Å²) in [7, 11) is 1.11. The van der Waals surface area contributed by atoms with Crippen LogP contribution in [0.4, 0.5) is 4.39 Å². The van der Waals surface area contributed by atoms with E-state index in [1.807, 2.05) is 0 Å². The van der Waals surface area contributed by atoms with Gasteiger partial charge in [-0.3, -0.25) is 0 Å². The number of hydrogen-bond acceptors (Lipinski definition) is 2. The normalized spacial score (nSPS) is 11.1. The summed E-state index contributed by atoms with van der Waals surface area (Å²) in [5, 5.41) is 0. The highest BCUT2D eigenvalue weighted by molar-refractivity contribution is 9.11. The summed E-state index contributed by atoms with van der Waals surface area (Å²) in [6, 6.07) is 0. The van der Waals surface area contributed by atoms with Gasteiger partial charge >= 0.3 is 5.97 Å². The zero-order valence-corrected chi connectivity index (χ0v) is 5.74. The monoisotopic (exact) mass is 182 g/mol. The Hall–Kier alpha value is -0.380. The van der Waals surface area contributed by atoms with E-state index in [1.165, 1.54) is 0 Å². The van der Waals surface area contributed by atoms with Gasteiger partial charge in [-0.25, -0.2) is 4.79 Å². The first-order valence-corrected chi connectivity index (χ1v) is 2.68. The second-order valence-corrected chi connectivity index (χ2v) is 1.41. The van der Waals surface area contributed by atoms with Gasteiger partial charge in [0, 0.05) is 4.99 Å². The summed E-state index contributed by atoms with van der Waals surface area (Å²) < 4.78 is 15.9. The van der Waals surface area contributed by atoms with Gasteiger partial charge in [-0.05, 0) is 0 Å². The van der Waals surface area contributed by atoms with E-state index in [4.69, 9.17) is 0 Å². The van der Waals surface area contributed by atoms with Crippen molar-refractivity contribution < 1.29 is 13.9 Å². The first-order chi connectivity index (χ1) is 3.72. The van der Waals surface area contributed by atoms with Gasteiger partial charge in [-0.15, -0.1) is 0 Å². The van der Waals surface area contributed by atoms with E-state index in [9.17, 15) is 9.18 Å². The average molecular weight is 183 g/mol. The van der Waals surface area contributed by atoms with Gasteiger partial charge < -0.3 is 4.74 Å². The van der Waals surface area contributed by atoms with Crippen LogP contribution in [0, 0.1) is 0 Å². The minimum Gasteiger partial charge on any atom is -0.464 e. The van der Waals surface area contributed by atoms with Crippen LogP contribution in [0.3, 0.4) is 0 Å². The molecule has 0 atom stereocenters. The highest BCUT2D eigenvalue weighted by Gasteiger charge is 2.04. The van der Waals surface area contributed by atoms with E-state index in [-0.39, 0.29) is 0 Å². The molecule has 0 unspecified atom stereocenters. The third-order valence-electron chi connectivity index (χ3n) is 0.476. The van der Waals surface area contributed by atoms with Crippen molar-refractivity contribution in [1.82, 2.24) is 0 Å². The minimum absolute atomic E-state index is 0.860. The molecule has 0 aromatic rings.